The van der Waals surface area contributed by atoms with Crippen LogP contribution in [0.3, 0.4) is 0 Å². The van der Waals surface area contributed by atoms with Crippen molar-refractivity contribution < 1.29 is 19.1 Å². The zero-order valence-electron chi connectivity index (χ0n) is 14.2. The summed E-state index contributed by atoms with van der Waals surface area (Å²) in [4.78, 5) is 39.8. The van der Waals surface area contributed by atoms with Crippen molar-refractivity contribution in [1.82, 2.24) is 4.90 Å². The average molecular weight is 392 g/mol. The van der Waals surface area contributed by atoms with Crippen LogP contribution in [0.4, 0.5) is 0 Å². The first-order valence-electron chi connectivity index (χ1n) is 8.23. The molecule has 1 aliphatic heterocycles. The number of esters is 1. The van der Waals surface area contributed by atoms with Crippen LogP contribution in [0.25, 0.3) is 0 Å². The van der Waals surface area contributed by atoms with Crippen molar-refractivity contribution in [2.24, 2.45) is 0 Å². The van der Waals surface area contributed by atoms with Crippen molar-refractivity contribution in [3.63, 3.8) is 0 Å². The number of ketones is 1. The minimum Gasteiger partial charge on any atom is -0.467 e. The van der Waals surface area contributed by atoms with Gasteiger partial charge in [-0.05, 0) is 47.7 Å². The highest BCUT2D eigenvalue weighted by Gasteiger charge is 2.37. The quantitative estimate of drug-likeness (QED) is 0.576. The molecule has 0 saturated carbocycles. The molecule has 2 aromatic rings. The number of amides is 1. The van der Waals surface area contributed by atoms with Gasteiger partial charge in [0, 0.05) is 34.8 Å². The van der Waals surface area contributed by atoms with Crippen molar-refractivity contribution in [1.29, 1.82) is 0 Å². The van der Waals surface area contributed by atoms with E-state index in [0.29, 0.717) is 23.6 Å². The number of hydrogen-bond acceptors (Lipinski definition) is 5. The Bertz CT molecular complexity index is 830. The van der Waals surface area contributed by atoms with E-state index in [1.54, 1.807) is 35.6 Å². The number of methoxy groups -OCH3 is 1. The molecule has 1 atom stereocenters. The number of benzene rings is 1. The molecular formula is C19H18ClNO4S. The molecule has 1 amide bonds. The van der Waals surface area contributed by atoms with Gasteiger partial charge in [-0.2, -0.15) is 0 Å². The summed E-state index contributed by atoms with van der Waals surface area (Å²) in [6, 6.07) is 7.71. The van der Waals surface area contributed by atoms with Gasteiger partial charge in [0.1, 0.15) is 0 Å². The number of thiophene rings is 1. The monoisotopic (exact) mass is 391 g/mol. The first-order valence-corrected chi connectivity index (χ1v) is 9.49. The average Bonchev–Trinajstić information content (AvgIpc) is 3.13. The topological polar surface area (TPSA) is 63.7 Å². The highest BCUT2D eigenvalue weighted by molar-refractivity contribution is 7.10. The Morgan fingerprint density at radius 1 is 1.19 bits per heavy atom. The van der Waals surface area contributed by atoms with E-state index in [9.17, 15) is 14.4 Å². The highest BCUT2D eigenvalue weighted by atomic mass is 35.5. The lowest BCUT2D eigenvalue weighted by Gasteiger charge is -2.34. The largest absolute Gasteiger partial charge is 0.467 e. The van der Waals surface area contributed by atoms with Crippen LogP contribution in [0.5, 0.6) is 0 Å². The standard InChI is InChI=1S/C19H18ClNO4S/c1-25-19(24)18-14-9-11-26-16(14)8-10-21(18)17(23)7-6-15(22)12-2-4-13(20)5-3-12/h2-5,9,11,18H,6-8,10H2,1H3. The van der Waals surface area contributed by atoms with E-state index >= 15 is 0 Å². The predicted octanol–water partition coefficient (Wildman–Crippen LogP) is 3.66. The molecule has 26 heavy (non-hydrogen) atoms. The van der Waals surface area contributed by atoms with Crippen LogP contribution >= 0.6 is 22.9 Å². The Morgan fingerprint density at radius 3 is 2.62 bits per heavy atom. The molecule has 1 aliphatic rings. The zero-order valence-corrected chi connectivity index (χ0v) is 15.8. The minimum atomic E-state index is -0.729. The molecule has 0 spiro atoms. The fourth-order valence-electron chi connectivity index (χ4n) is 3.10. The number of carbonyl (C=O) groups is 3. The summed E-state index contributed by atoms with van der Waals surface area (Å²) >= 11 is 7.40. The Balaban J connectivity index is 1.69. The summed E-state index contributed by atoms with van der Waals surface area (Å²) in [5, 5.41) is 2.47. The van der Waals surface area contributed by atoms with E-state index in [-0.39, 0.29) is 24.5 Å². The van der Waals surface area contributed by atoms with Crippen LogP contribution in [-0.4, -0.2) is 36.2 Å². The van der Waals surface area contributed by atoms with Gasteiger partial charge in [0.25, 0.3) is 0 Å². The molecule has 7 heteroatoms. The Labute approximate surface area is 160 Å². The summed E-state index contributed by atoms with van der Waals surface area (Å²) in [6.07, 6.45) is 0.840. The van der Waals surface area contributed by atoms with Crippen molar-refractivity contribution in [2.75, 3.05) is 13.7 Å². The van der Waals surface area contributed by atoms with Crippen molar-refractivity contribution >= 4 is 40.6 Å². The van der Waals surface area contributed by atoms with Crippen LogP contribution in [0.1, 0.15) is 39.7 Å². The SMILES string of the molecule is COC(=O)C1c2ccsc2CCN1C(=O)CCC(=O)c1ccc(Cl)cc1. The molecule has 0 bridgehead atoms. The number of rotatable bonds is 5. The van der Waals surface area contributed by atoms with Crippen LogP contribution in [0.2, 0.25) is 5.02 Å². The normalized spacial score (nSPS) is 16.1. The van der Waals surface area contributed by atoms with Gasteiger partial charge in [0.05, 0.1) is 7.11 Å². The van der Waals surface area contributed by atoms with Gasteiger partial charge in [0.15, 0.2) is 11.8 Å². The van der Waals surface area contributed by atoms with E-state index < -0.39 is 12.0 Å². The molecule has 0 radical (unpaired) electrons. The smallest absolute Gasteiger partial charge is 0.333 e. The Kier molecular flexibility index (Phi) is 5.74. The van der Waals surface area contributed by atoms with Crippen molar-refractivity contribution in [3.8, 4) is 0 Å². The van der Waals surface area contributed by atoms with Crippen molar-refractivity contribution in [2.45, 2.75) is 25.3 Å². The number of Topliss-reactive ketones (excluding diaryl/α,β-unsaturated/α-hetero) is 1. The lowest BCUT2D eigenvalue weighted by Crippen LogP contribution is -2.43. The van der Waals surface area contributed by atoms with E-state index in [1.807, 2.05) is 11.4 Å². The van der Waals surface area contributed by atoms with Gasteiger partial charge >= 0.3 is 5.97 Å². The van der Waals surface area contributed by atoms with E-state index in [0.717, 1.165) is 10.4 Å². The van der Waals surface area contributed by atoms with Gasteiger partial charge in [0.2, 0.25) is 5.91 Å². The highest BCUT2D eigenvalue weighted by Crippen LogP contribution is 2.34. The first-order chi connectivity index (χ1) is 12.5. The number of fused-ring (bicyclic) bond motifs is 1. The molecule has 1 aromatic carbocycles. The molecule has 2 heterocycles. The molecular weight excluding hydrogens is 374 g/mol. The summed E-state index contributed by atoms with van der Waals surface area (Å²) in [5.74, 6) is -0.806. The number of carbonyl (C=O) groups excluding carboxylic acids is 3. The zero-order chi connectivity index (χ0) is 18.7. The van der Waals surface area contributed by atoms with Crippen LogP contribution < -0.4 is 0 Å². The molecule has 0 saturated heterocycles. The number of nitrogens with zero attached hydrogens (tertiary/aromatic N) is 1. The minimum absolute atomic E-state index is 0.0500. The van der Waals surface area contributed by atoms with Crippen LogP contribution in [0.15, 0.2) is 35.7 Å². The molecule has 5 nitrogen and oxygen atoms in total. The second-order valence-corrected chi connectivity index (χ2v) is 7.43. The lowest BCUT2D eigenvalue weighted by atomic mass is 9.98. The third kappa shape index (κ3) is 3.81. The molecule has 136 valence electrons. The van der Waals surface area contributed by atoms with Crippen LogP contribution in [0, 0.1) is 0 Å². The van der Waals surface area contributed by atoms with Crippen LogP contribution in [-0.2, 0) is 20.7 Å². The number of ether oxygens (including phenoxy) is 1. The van der Waals surface area contributed by atoms with Gasteiger partial charge in [-0.3, -0.25) is 9.59 Å². The number of hydrogen-bond donors (Lipinski definition) is 0. The Morgan fingerprint density at radius 2 is 1.92 bits per heavy atom. The summed E-state index contributed by atoms with van der Waals surface area (Å²) < 4.78 is 4.89. The predicted molar refractivity (Wildman–Crippen MR) is 99.5 cm³/mol. The summed E-state index contributed by atoms with van der Waals surface area (Å²) in [5.41, 5.74) is 1.34. The molecule has 3 rings (SSSR count). The van der Waals surface area contributed by atoms with Gasteiger partial charge in [-0.15, -0.1) is 11.3 Å². The van der Waals surface area contributed by atoms with Gasteiger partial charge in [-0.1, -0.05) is 11.6 Å². The lowest BCUT2D eigenvalue weighted by molar-refractivity contribution is -0.153. The molecule has 0 fully saturated rings. The fourth-order valence-corrected chi connectivity index (χ4v) is 4.12. The summed E-state index contributed by atoms with van der Waals surface area (Å²) in [7, 11) is 1.32. The van der Waals surface area contributed by atoms with E-state index in [1.165, 1.54) is 12.0 Å². The molecule has 1 unspecified atom stereocenters. The maximum atomic E-state index is 12.7. The van der Waals surface area contributed by atoms with E-state index in [2.05, 4.69) is 0 Å². The van der Waals surface area contributed by atoms with Gasteiger partial charge < -0.3 is 9.64 Å². The third-order valence-corrected chi connectivity index (χ3v) is 5.69. The van der Waals surface area contributed by atoms with Gasteiger partial charge in [-0.25, -0.2) is 4.79 Å². The first kappa shape index (κ1) is 18.6. The second kappa shape index (κ2) is 8.01. The maximum absolute atomic E-state index is 12.7. The fraction of sp³-hybridized carbons (Fsp3) is 0.316. The van der Waals surface area contributed by atoms with Crippen molar-refractivity contribution in [3.05, 3.63) is 56.7 Å². The van der Waals surface area contributed by atoms with E-state index in [4.69, 9.17) is 16.3 Å². The molecule has 0 aliphatic carbocycles. The Hall–Kier alpha value is -2.18. The molecule has 0 N–H and O–H groups in total. The number of halogens is 1. The third-order valence-electron chi connectivity index (χ3n) is 4.44. The maximum Gasteiger partial charge on any atom is 0.333 e. The molecule has 1 aromatic heterocycles. The second-order valence-electron chi connectivity index (χ2n) is 5.99. The summed E-state index contributed by atoms with van der Waals surface area (Å²) in [6.45, 7) is 0.446.